The lowest BCUT2D eigenvalue weighted by Crippen LogP contribution is -2.28. The molecule has 0 aliphatic carbocycles. The Bertz CT molecular complexity index is 644. The number of phenolic OH excluding ortho intramolecular Hbond substituents is 1. The Kier molecular flexibility index (Phi) is 5.02. The molecule has 0 aliphatic heterocycles. The Labute approximate surface area is 127 Å². The monoisotopic (exact) mass is 303 g/mol. The number of urea groups is 1. The van der Waals surface area contributed by atoms with Crippen molar-refractivity contribution < 1.29 is 19.4 Å². The molecule has 1 aromatic carbocycles. The van der Waals surface area contributed by atoms with Crippen LogP contribution < -0.4 is 20.1 Å². The summed E-state index contributed by atoms with van der Waals surface area (Å²) in [5, 5.41) is 15.0. The molecule has 0 radical (unpaired) electrons. The van der Waals surface area contributed by atoms with E-state index in [-0.39, 0.29) is 18.3 Å². The van der Waals surface area contributed by atoms with E-state index in [9.17, 15) is 9.90 Å². The van der Waals surface area contributed by atoms with Crippen LogP contribution in [-0.2, 0) is 6.54 Å². The first kappa shape index (κ1) is 15.4. The third-order valence-electron chi connectivity index (χ3n) is 2.90. The van der Waals surface area contributed by atoms with Gasteiger partial charge in [0.25, 0.3) is 0 Å². The molecule has 0 saturated heterocycles. The summed E-state index contributed by atoms with van der Waals surface area (Å²) in [5.74, 6) is 0.888. The molecule has 0 saturated carbocycles. The third-order valence-corrected chi connectivity index (χ3v) is 2.90. The number of anilines is 1. The highest BCUT2D eigenvalue weighted by atomic mass is 16.5. The number of carbonyl (C=O) groups is 1. The summed E-state index contributed by atoms with van der Waals surface area (Å²) < 4.78 is 9.89. The number of pyridine rings is 1. The summed E-state index contributed by atoms with van der Waals surface area (Å²) in [5.41, 5.74) is 1.30. The molecule has 3 N–H and O–H groups in total. The normalized spacial score (nSPS) is 9.91. The van der Waals surface area contributed by atoms with Gasteiger partial charge in [-0.3, -0.25) is 0 Å². The van der Waals surface area contributed by atoms with Gasteiger partial charge in [-0.15, -0.1) is 0 Å². The Hall–Kier alpha value is -2.96. The van der Waals surface area contributed by atoms with Crippen LogP contribution in [0, 0.1) is 0 Å². The maximum absolute atomic E-state index is 11.8. The van der Waals surface area contributed by atoms with Crippen molar-refractivity contribution in [1.82, 2.24) is 10.3 Å². The van der Waals surface area contributed by atoms with Gasteiger partial charge in [0, 0.05) is 12.6 Å². The van der Waals surface area contributed by atoms with E-state index < -0.39 is 0 Å². The van der Waals surface area contributed by atoms with Gasteiger partial charge < -0.3 is 25.2 Å². The molecular formula is C15H17N3O4. The number of hydrogen-bond donors (Lipinski definition) is 3. The molecule has 2 aromatic rings. The number of carbonyl (C=O) groups excluding carboxylic acids is 1. The number of nitrogens with one attached hydrogen (secondary N) is 2. The van der Waals surface area contributed by atoms with E-state index in [2.05, 4.69) is 15.6 Å². The number of aromatic nitrogens is 1. The number of nitrogens with zero attached hydrogens (tertiary/aromatic N) is 1. The lowest BCUT2D eigenvalue weighted by Gasteiger charge is -2.09. The van der Waals surface area contributed by atoms with Crippen molar-refractivity contribution in [2.45, 2.75) is 6.54 Å². The van der Waals surface area contributed by atoms with Crippen LogP contribution in [-0.4, -0.2) is 30.3 Å². The average Bonchev–Trinajstić information content (AvgIpc) is 2.54. The maximum atomic E-state index is 11.8. The molecule has 0 atom stereocenters. The van der Waals surface area contributed by atoms with Gasteiger partial charge in [-0.05, 0) is 23.8 Å². The lowest BCUT2D eigenvalue weighted by molar-refractivity contribution is 0.251. The van der Waals surface area contributed by atoms with Crippen molar-refractivity contribution >= 4 is 11.7 Å². The number of ether oxygens (including phenoxy) is 2. The van der Waals surface area contributed by atoms with Crippen LogP contribution in [0.15, 0.2) is 36.5 Å². The largest absolute Gasteiger partial charge is 0.504 e. The minimum atomic E-state index is -0.373. The Balaban J connectivity index is 1.88. The second-order valence-electron chi connectivity index (χ2n) is 4.40. The van der Waals surface area contributed by atoms with Crippen molar-refractivity contribution in [3.05, 3.63) is 42.1 Å². The second-order valence-corrected chi connectivity index (χ2v) is 4.40. The molecule has 0 unspecified atom stereocenters. The van der Waals surface area contributed by atoms with Crippen molar-refractivity contribution in [2.24, 2.45) is 0 Å². The molecule has 0 bridgehead atoms. The minimum Gasteiger partial charge on any atom is -0.504 e. The average molecular weight is 303 g/mol. The molecule has 2 amide bonds. The van der Waals surface area contributed by atoms with Crippen LogP contribution in [0.4, 0.5) is 10.5 Å². The molecule has 7 heteroatoms. The first-order valence-electron chi connectivity index (χ1n) is 6.53. The topological polar surface area (TPSA) is 92.7 Å². The predicted octanol–water partition coefficient (Wildman–Crippen LogP) is 2.13. The smallest absolute Gasteiger partial charge is 0.319 e. The zero-order chi connectivity index (χ0) is 15.9. The predicted molar refractivity (Wildman–Crippen MR) is 81.3 cm³/mol. The zero-order valence-electron chi connectivity index (χ0n) is 12.3. The van der Waals surface area contributed by atoms with Crippen molar-refractivity contribution in [1.29, 1.82) is 0 Å². The molecule has 116 valence electrons. The van der Waals surface area contributed by atoms with Crippen LogP contribution in [0.2, 0.25) is 0 Å². The van der Waals surface area contributed by atoms with E-state index in [0.717, 1.165) is 5.56 Å². The Morgan fingerprint density at radius 1 is 1.23 bits per heavy atom. The van der Waals surface area contributed by atoms with E-state index >= 15 is 0 Å². The van der Waals surface area contributed by atoms with E-state index in [4.69, 9.17) is 9.47 Å². The first-order chi connectivity index (χ1) is 10.6. The number of hydrogen-bond acceptors (Lipinski definition) is 5. The molecule has 0 aliphatic rings. The first-order valence-corrected chi connectivity index (χ1v) is 6.53. The van der Waals surface area contributed by atoms with Crippen LogP contribution in [0.1, 0.15) is 5.56 Å². The summed E-state index contributed by atoms with van der Waals surface area (Å²) in [7, 11) is 3.00. The van der Waals surface area contributed by atoms with Crippen molar-refractivity contribution in [2.75, 3.05) is 19.5 Å². The maximum Gasteiger partial charge on any atom is 0.319 e. The van der Waals surface area contributed by atoms with Gasteiger partial charge in [-0.1, -0.05) is 6.07 Å². The number of methoxy groups -OCH3 is 2. The van der Waals surface area contributed by atoms with E-state index in [1.54, 1.807) is 24.3 Å². The molecule has 7 nitrogen and oxygen atoms in total. The standard InChI is InChI=1S/C15H17N3O4/c1-21-13-5-3-10(7-12(13)19)8-17-15(20)18-11-4-6-14(22-2)16-9-11/h3-7,9,19H,8H2,1-2H3,(H2,17,18,20). The zero-order valence-corrected chi connectivity index (χ0v) is 12.3. The van der Waals surface area contributed by atoms with Crippen molar-refractivity contribution in [3.63, 3.8) is 0 Å². The van der Waals surface area contributed by atoms with E-state index in [0.29, 0.717) is 17.3 Å². The highest BCUT2D eigenvalue weighted by Crippen LogP contribution is 2.26. The molecular weight excluding hydrogens is 286 g/mol. The number of rotatable bonds is 5. The number of amides is 2. The fraction of sp³-hybridized carbons (Fsp3) is 0.200. The molecule has 2 rings (SSSR count). The molecule has 0 fully saturated rings. The lowest BCUT2D eigenvalue weighted by atomic mass is 10.2. The quantitative estimate of drug-likeness (QED) is 0.787. The van der Waals surface area contributed by atoms with Crippen LogP contribution in [0.3, 0.4) is 0 Å². The summed E-state index contributed by atoms with van der Waals surface area (Å²) in [4.78, 5) is 15.8. The van der Waals surface area contributed by atoms with E-state index in [1.807, 2.05) is 0 Å². The molecule has 0 spiro atoms. The fourth-order valence-electron chi connectivity index (χ4n) is 1.78. The molecule has 22 heavy (non-hydrogen) atoms. The van der Waals surface area contributed by atoms with Gasteiger partial charge in [-0.2, -0.15) is 0 Å². The fourth-order valence-corrected chi connectivity index (χ4v) is 1.78. The SMILES string of the molecule is COc1ccc(NC(=O)NCc2ccc(OC)c(O)c2)cn1. The van der Waals surface area contributed by atoms with Gasteiger partial charge in [0.15, 0.2) is 11.5 Å². The third kappa shape index (κ3) is 4.02. The summed E-state index contributed by atoms with van der Waals surface area (Å²) in [6.45, 7) is 0.271. The van der Waals surface area contributed by atoms with E-state index in [1.165, 1.54) is 26.5 Å². The summed E-state index contributed by atoms with van der Waals surface area (Å²) in [6, 6.07) is 7.89. The minimum absolute atomic E-state index is 0.0292. The number of phenols is 1. The molecule has 1 aromatic heterocycles. The van der Waals surface area contributed by atoms with Crippen LogP contribution in [0.5, 0.6) is 17.4 Å². The second kappa shape index (κ2) is 7.16. The van der Waals surface area contributed by atoms with Crippen LogP contribution >= 0.6 is 0 Å². The number of benzene rings is 1. The van der Waals surface area contributed by atoms with Crippen molar-refractivity contribution in [3.8, 4) is 17.4 Å². The highest BCUT2D eigenvalue weighted by molar-refractivity contribution is 5.88. The summed E-state index contributed by atoms with van der Waals surface area (Å²) in [6.07, 6.45) is 1.50. The van der Waals surface area contributed by atoms with Gasteiger partial charge in [0.05, 0.1) is 26.1 Å². The van der Waals surface area contributed by atoms with Gasteiger partial charge in [0.2, 0.25) is 5.88 Å². The van der Waals surface area contributed by atoms with Gasteiger partial charge >= 0.3 is 6.03 Å². The summed E-state index contributed by atoms with van der Waals surface area (Å²) >= 11 is 0. The van der Waals surface area contributed by atoms with Gasteiger partial charge in [-0.25, -0.2) is 9.78 Å². The highest BCUT2D eigenvalue weighted by Gasteiger charge is 2.05. The number of aromatic hydroxyl groups is 1. The van der Waals surface area contributed by atoms with Gasteiger partial charge in [0.1, 0.15) is 0 Å². The Morgan fingerprint density at radius 3 is 2.64 bits per heavy atom. The Morgan fingerprint density at radius 2 is 2.05 bits per heavy atom. The van der Waals surface area contributed by atoms with Crippen LogP contribution in [0.25, 0.3) is 0 Å². The molecule has 1 heterocycles.